The van der Waals surface area contributed by atoms with E-state index in [1.165, 1.54) is 25.0 Å². The first-order chi connectivity index (χ1) is 15.2. The summed E-state index contributed by atoms with van der Waals surface area (Å²) in [4.78, 5) is 42.1. The summed E-state index contributed by atoms with van der Waals surface area (Å²) >= 11 is 0. The molecule has 0 aromatic heterocycles. The van der Waals surface area contributed by atoms with Crippen molar-refractivity contribution in [2.24, 2.45) is 11.8 Å². The van der Waals surface area contributed by atoms with Gasteiger partial charge < -0.3 is 4.90 Å². The Morgan fingerprint density at radius 2 is 1.84 bits per heavy atom. The van der Waals surface area contributed by atoms with Crippen LogP contribution in [-0.4, -0.2) is 47.2 Å². The molecular weight excluding hydrogens is 421 g/mol. The van der Waals surface area contributed by atoms with Crippen LogP contribution < -0.4 is 0 Å². The van der Waals surface area contributed by atoms with Crippen LogP contribution in [0.5, 0.6) is 0 Å². The van der Waals surface area contributed by atoms with Crippen LogP contribution in [0.1, 0.15) is 63.0 Å². The van der Waals surface area contributed by atoms with E-state index in [-0.39, 0.29) is 30.9 Å². The average Bonchev–Trinajstić information content (AvgIpc) is 3.02. The molecule has 1 aliphatic carbocycles. The van der Waals surface area contributed by atoms with E-state index >= 15 is 0 Å². The smallest absolute Gasteiger partial charge is 0.342 e. The molecule has 1 aromatic carbocycles. The molecule has 4 rings (SSSR count). The van der Waals surface area contributed by atoms with E-state index in [4.69, 9.17) is 0 Å². The molecule has 3 aliphatic rings. The number of hydrogen-bond acceptors (Lipinski definition) is 3. The average molecular weight is 451 g/mol. The van der Waals surface area contributed by atoms with Gasteiger partial charge >= 0.3 is 6.18 Å². The molecule has 1 aromatic rings. The summed E-state index contributed by atoms with van der Waals surface area (Å²) in [6.45, 7) is 2.99. The molecule has 174 valence electrons. The van der Waals surface area contributed by atoms with Gasteiger partial charge in [-0.2, -0.15) is 13.2 Å². The van der Waals surface area contributed by atoms with Crippen molar-refractivity contribution >= 4 is 17.7 Å². The molecule has 32 heavy (non-hydrogen) atoms. The number of alkyl halides is 3. The first-order valence-corrected chi connectivity index (χ1v) is 11.5. The molecule has 3 atom stereocenters. The summed E-state index contributed by atoms with van der Waals surface area (Å²) < 4.78 is 40.1. The number of hydrogen-bond donors (Lipinski definition) is 0. The lowest BCUT2D eigenvalue weighted by Gasteiger charge is -2.42. The number of imide groups is 1. The highest BCUT2D eigenvalue weighted by atomic mass is 19.4. The fourth-order valence-electron chi connectivity index (χ4n) is 5.78. The molecule has 2 saturated heterocycles. The third kappa shape index (κ3) is 4.04. The Kier molecular flexibility index (Phi) is 6.07. The Morgan fingerprint density at radius 1 is 1.12 bits per heavy atom. The number of rotatable bonds is 4. The van der Waals surface area contributed by atoms with Gasteiger partial charge in [-0.05, 0) is 43.2 Å². The number of amides is 3. The second-order valence-electron chi connectivity index (χ2n) is 9.39. The third-order valence-electron chi connectivity index (χ3n) is 7.56. The third-order valence-corrected chi connectivity index (χ3v) is 7.56. The van der Waals surface area contributed by atoms with Crippen molar-refractivity contribution in [3.63, 3.8) is 0 Å². The van der Waals surface area contributed by atoms with Crippen molar-refractivity contribution in [1.29, 1.82) is 0 Å². The number of fused-ring (bicyclic) bond motifs is 1. The molecule has 2 heterocycles. The predicted octanol–water partition coefficient (Wildman–Crippen LogP) is 4.15. The van der Waals surface area contributed by atoms with E-state index < -0.39 is 29.0 Å². The van der Waals surface area contributed by atoms with Crippen LogP contribution in [0.25, 0.3) is 0 Å². The lowest BCUT2D eigenvalue weighted by atomic mass is 9.73. The van der Waals surface area contributed by atoms with E-state index in [1.54, 1.807) is 11.8 Å². The maximum atomic E-state index is 13.4. The second-order valence-corrected chi connectivity index (χ2v) is 9.39. The largest absolute Gasteiger partial charge is 0.416 e. The zero-order valence-electron chi connectivity index (χ0n) is 18.3. The second kappa shape index (κ2) is 8.52. The van der Waals surface area contributed by atoms with Crippen LogP contribution >= 0.6 is 0 Å². The van der Waals surface area contributed by atoms with E-state index in [9.17, 15) is 27.6 Å². The highest BCUT2D eigenvalue weighted by Crippen LogP contribution is 2.43. The number of likely N-dealkylation sites (tertiary alicyclic amines) is 2. The molecule has 0 spiro atoms. The van der Waals surface area contributed by atoms with Gasteiger partial charge in [-0.25, -0.2) is 0 Å². The fourth-order valence-corrected chi connectivity index (χ4v) is 5.78. The lowest BCUT2D eigenvalue weighted by molar-refractivity contribution is -0.143. The molecule has 3 amide bonds. The van der Waals surface area contributed by atoms with Crippen molar-refractivity contribution in [2.45, 2.75) is 63.5 Å². The summed E-state index contributed by atoms with van der Waals surface area (Å²) in [6.07, 6.45) is 0.390. The van der Waals surface area contributed by atoms with Crippen LogP contribution in [0.4, 0.5) is 13.2 Å². The highest BCUT2D eigenvalue weighted by Gasteiger charge is 2.54. The zero-order valence-corrected chi connectivity index (χ0v) is 18.3. The van der Waals surface area contributed by atoms with Crippen LogP contribution in [-0.2, 0) is 26.0 Å². The Hall–Kier alpha value is -2.38. The monoisotopic (exact) mass is 450 g/mol. The normalized spacial score (nSPS) is 28.8. The van der Waals surface area contributed by atoms with E-state index in [0.29, 0.717) is 24.9 Å². The minimum Gasteiger partial charge on any atom is -0.342 e. The number of carbonyl (C=O) groups is 3. The molecule has 5 nitrogen and oxygen atoms in total. The fraction of sp³-hybridized carbons (Fsp3) is 0.625. The van der Waals surface area contributed by atoms with E-state index in [2.05, 4.69) is 0 Å². The van der Waals surface area contributed by atoms with Gasteiger partial charge in [-0.1, -0.05) is 37.5 Å². The maximum Gasteiger partial charge on any atom is 0.416 e. The van der Waals surface area contributed by atoms with Crippen molar-refractivity contribution < 1.29 is 27.6 Å². The number of nitrogens with zero attached hydrogens (tertiary/aromatic N) is 2. The molecule has 0 radical (unpaired) electrons. The minimum absolute atomic E-state index is 0.0857. The number of piperidine rings is 1. The van der Waals surface area contributed by atoms with E-state index in [0.717, 1.165) is 36.3 Å². The van der Waals surface area contributed by atoms with Crippen molar-refractivity contribution in [2.75, 3.05) is 19.6 Å². The summed E-state index contributed by atoms with van der Waals surface area (Å²) in [5, 5.41) is 0. The Balaban J connectivity index is 1.65. The molecule has 0 bridgehead atoms. The first kappa shape index (κ1) is 22.8. The molecule has 2 aliphatic heterocycles. The lowest BCUT2D eigenvalue weighted by Crippen LogP contribution is -2.48. The van der Waals surface area contributed by atoms with Crippen LogP contribution in [0.2, 0.25) is 0 Å². The number of carbonyl (C=O) groups excluding carboxylic acids is 3. The van der Waals surface area contributed by atoms with Crippen LogP contribution in [0, 0.1) is 11.8 Å². The van der Waals surface area contributed by atoms with Gasteiger partial charge in [0.15, 0.2) is 0 Å². The zero-order chi connectivity index (χ0) is 23.1. The Labute approximate surface area is 185 Å². The topological polar surface area (TPSA) is 57.7 Å². The molecule has 3 fully saturated rings. The van der Waals surface area contributed by atoms with Crippen molar-refractivity contribution in [3.05, 3.63) is 35.4 Å². The molecule has 0 N–H and O–H groups in total. The molecule has 1 saturated carbocycles. The van der Waals surface area contributed by atoms with Crippen LogP contribution in [0.3, 0.4) is 0 Å². The van der Waals surface area contributed by atoms with Crippen molar-refractivity contribution in [1.82, 2.24) is 9.80 Å². The standard InChI is InChI=1S/C24H29F3N2O3/c1-2-29-21(31)14-23(22(29)32,18-8-5-9-19(12-18)24(25,26)27)13-20(30)28-11-10-16-6-3-4-7-17(16)15-28/h5,8-9,12,16-17H,2-4,6-7,10-11,13-15H2,1H3/t16-,17-,23?/m0/s1. The van der Waals surface area contributed by atoms with Gasteiger partial charge in [0.25, 0.3) is 0 Å². The highest BCUT2D eigenvalue weighted by molar-refractivity contribution is 6.10. The number of halogens is 3. The Bertz CT molecular complexity index is 916. The van der Waals surface area contributed by atoms with Gasteiger partial charge in [0, 0.05) is 32.5 Å². The SMILES string of the molecule is CCN1C(=O)CC(CC(=O)N2CC[C@@H]3CCCC[C@H]3C2)(c2cccc(C(F)(F)F)c2)C1=O. The van der Waals surface area contributed by atoms with Gasteiger partial charge in [0.2, 0.25) is 17.7 Å². The number of benzene rings is 1. The molecule has 1 unspecified atom stereocenters. The maximum absolute atomic E-state index is 13.4. The number of likely N-dealkylation sites (N-methyl/N-ethyl adjacent to an activating group) is 1. The van der Waals surface area contributed by atoms with Gasteiger partial charge in [0.1, 0.15) is 0 Å². The minimum atomic E-state index is -4.58. The summed E-state index contributed by atoms with van der Waals surface area (Å²) in [5.74, 6) is -0.223. The van der Waals surface area contributed by atoms with Gasteiger partial charge in [-0.3, -0.25) is 19.3 Å². The Morgan fingerprint density at radius 3 is 2.50 bits per heavy atom. The first-order valence-electron chi connectivity index (χ1n) is 11.5. The molecular formula is C24H29F3N2O3. The van der Waals surface area contributed by atoms with Gasteiger partial charge in [0.05, 0.1) is 11.0 Å². The summed E-state index contributed by atoms with van der Waals surface area (Å²) in [5.41, 5.74) is -2.39. The predicted molar refractivity (Wildman–Crippen MR) is 111 cm³/mol. The quantitative estimate of drug-likeness (QED) is 0.648. The van der Waals surface area contributed by atoms with Crippen LogP contribution in [0.15, 0.2) is 24.3 Å². The van der Waals surface area contributed by atoms with E-state index in [1.807, 2.05) is 0 Å². The van der Waals surface area contributed by atoms with Crippen molar-refractivity contribution in [3.8, 4) is 0 Å². The molecule has 8 heteroatoms. The summed E-state index contributed by atoms with van der Waals surface area (Å²) in [6, 6.07) is 4.53. The van der Waals surface area contributed by atoms with Gasteiger partial charge in [-0.15, -0.1) is 0 Å². The summed E-state index contributed by atoms with van der Waals surface area (Å²) in [7, 11) is 0.